The van der Waals surface area contributed by atoms with Gasteiger partial charge < -0.3 is 25.8 Å². The molecule has 2 aliphatic rings. The van der Waals surface area contributed by atoms with Crippen LogP contribution in [0, 0.1) is 5.41 Å². The second-order valence-corrected chi connectivity index (χ2v) is 8.11. The minimum Gasteiger partial charge on any atom is -0.394 e. The van der Waals surface area contributed by atoms with Gasteiger partial charge in [-0.2, -0.15) is 13.2 Å². The van der Waals surface area contributed by atoms with Crippen molar-refractivity contribution in [1.82, 2.24) is 15.0 Å². The number of aromatic nitrogens is 3. The van der Waals surface area contributed by atoms with E-state index in [1.54, 1.807) is 0 Å². The molecular weight excluding hydrogens is 421 g/mol. The van der Waals surface area contributed by atoms with E-state index in [2.05, 4.69) is 9.88 Å². The topological polar surface area (TPSA) is 104 Å². The molecule has 32 heavy (non-hydrogen) atoms. The zero-order chi connectivity index (χ0) is 22.5. The van der Waals surface area contributed by atoms with E-state index >= 15 is 0 Å². The summed E-state index contributed by atoms with van der Waals surface area (Å²) in [5.41, 5.74) is 8.01. The Balaban J connectivity index is 1.76. The number of aromatic amines is 1. The number of pyridine rings is 1. The van der Waals surface area contributed by atoms with Crippen molar-refractivity contribution in [3.05, 3.63) is 34.7 Å². The number of ether oxygens (including phenoxy) is 1. The molecule has 0 atom stereocenters. The second kappa shape index (κ2) is 7.77. The number of nitrogens with one attached hydrogen (secondary N) is 2. The SMILES string of the molecule is N=CC(=C(N)C(F)(F)F)c1[nH]c2ccc3nc(N4CCOCC4)nc3c2c2c1CCCC2. The third-order valence-corrected chi connectivity index (χ3v) is 6.22. The smallest absolute Gasteiger partial charge is 0.394 e. The number of imidazole rings is 1. The first-order valence-electron chi connectivity index (χ1n) is 10.6. The first-order chi connectivity index (χ1) is 15.4. The number of anilines is 1. The Morgan fingerprint density at radius 1 is 1.12 bits per heavy atom. The molecule has 1 aliphatic heterocycles. The van der Waals surface area contributed by atoms with Crippen molar-refractivity contribution < 1.29 is 17.9 Å². The van der Waals surface area contributed by atoms with E-state index in [9.17, 15) is 13.2 Å². The summed E-state index contributed by atoms with van der Waals surface area (Å²) < 4.78 is 45.5. The van der Waals surface area contributed by atoms with Crippen LogP contribution in [0.2, 0.25) is 0 Å². The zero-order valence-corrected chi connectivity index (χ0v) is 17.4. The Morgan fingerprint density at radius 2 is 1.84 bits per heavy atom. The molecule has 1 saturated heterocycles. The Kier molecular flexibility index (Phi) is 5.04. The summed E-state index contributed by atoms with van der Waals surface area (Å²) in [4.78, 5) is 14.8. The number of morpholine rings is 1. The zero-order valence-electron chi connectivity index (χ0n) is 17.4. The van der Waals surface area contributed by atoms with Crippen molar-refractivity contribution >= 4 is 39.7 Å². The number of fused-ring (bicyclic) bond motifs is 5. The quantitative estimate of drug-likeness (QED) is 0.535. The maximum absolute atomic E-state index is 13.4. The van der Waals surface area contributed by atoms with Crippen molar-refractivity contribution in [2.24, 2.45) is 5.73 Å². The predicted octanol–water partition coefficient (Wildman–Crippen LogP) is 3.71. The molecule has 168 valence electrons. The molecule has 2 aromatic heterocycles. The number of rotatable bonds is 3. The van der Waals surface area contributed by atoms with Crippen LogP contribution in [0.1, 0.15) is 29.7 Å². The molecule has 0 radical (unpaired) electrons. The lowest BCUT2D eigenvalue weighted by Crippen LogP contribution is -2.36. The van der Waals surface area contributed by atoms with Crippen LogP contribution in [0.25, 0.3) is 27.5 Å². The maximum atomic E-state index is 13.4. The lowest BCUT2D eigenvalue weighted by atomic mass is 9.85. The van der Waals surface area contributed by atoms with Gasteiger partial charge in [-0.15, -0.1) is 0 Å². The normalized spacial score (nSPS) is 18.0. The summed E-state index contributed by atoms with van der Waals surface area (Å²) in [5.74, 6) is 0.644. The monoisotopic (exact) mass is 444 g/mol. The number of aryl methyl sites for hydroxylation is 1. The van der Waals surface area contributed by atoms with Gasteiger partial charge in [0.1, 0.15) is 11.2 Å². The van der Waals surface area contributed by atoms with Crippen LogP contribution < -0.4 is 10.6 Å². The number of alkyl halides is 3. The van der Waals surface area contributed by atoms with Gasteiger partial charge in [-0.3, -0.25) is 0 Å². The largest absolute Gasteiger partial charge is 0.431 e. The fourth-order valence-corrected chi connectivity index (χ4v) is 4.67. The number of halogens is 3. The molecule has 1 aliphatic carbocycles. The van der Waals surface area contributed by atoms with Crippen LogP contribution in [0.15, 0.2) is 17.8 Å². The molecule has 1 aromatic carbocycles. The number of hydrogen-bond acceptors (Lipinski definition) is 6. The summed E-state index contributed by atoms with van der Waals surface area (Å²) in [7, 11) is 0. The number of H-pyrrole nitrogens is 1. The van der Waals surface area contributed by atoms with Gasteiger partial charge in [0.15, 0.2) is 0 Å². The van der Waals surface area contributed by atoms with Crippen LogP contribution in [0.4, 0.5) is 19.1 Å². The van der Waals surface area contributed by atoms with E-state index in [-0.39, 0.29) is 11.3 Å². The van der Waals surface area contributed by atoms with Crippen molar-refractivity contribution in [1.29, 1.82) is 5.41 Å². The van der Waals surface area contributed by atoms with E-state index in [0.29, 0.717) is 50.4 Å². The highest BCUT2D eigenvalue weighted by Gasteiger charge is 2.35. The number of benzene rings is 1. The lowest BCUT2D eigenvalue weighted by Gasteiger charge is -2.25. The molecule has 7 nitrogen and oxygen atoms in total. The Bertz CT molecular complexity index is 1240. The molecule has 0 unspecified atom stereocenters. The minimum atomic E-state index is -4.72. The van der Waals surface area contributed by atoms with Crippen LogP contribution >= 0.6 is 0 Å². The van der Waals surface area contributed by atoms with E-state index in [0.717, 1.165) is 46.8 Å². The molecule has 10 heteroatoms. The van der Waals surface area contributed by atoms with Gasteiger partial charge in [0, 0.05) is 35.8 Å². The first-order valence-corrected chi connectivity index (χ1v) is 10.6. The highest BCUT2D eigenvalue weighted by Crippen LogP contribution is 2.38. The van der Waals surface area contributed by atoms with Gasteiger partial charge in [0.2, 0.25) is 5.95 Å². The third kappa shape index (κ3) is 3.38. The average molecular weight is 444 g/mol. The summed E-state index contributed by atoms with van der Waals surface area (Å²) in [5, 5.41) is 8.55. The van der Waals surface area contributed by atoms with E-state index in [4.69, 9.17) is 25.8 Å². The van der Waals surface area contributed by atoms with E-state index < -0.39 is 11.9 Å². The highest BCUT2D eigenvalue weighted by molar-refractivity contribution is 6.12. The van der Waals surface area contributed by atoms with Gasteiger partial charge in [0.05, 0.1) is 24.4 Å². The van der Waals surface area contributed by atoms with Gasteiger partial charge >= 0.3 is 6.18 Å². The van der Waals surface area contributed by atoms with Gasteiger partial charge in [0.25, 0.3) is 0 Å². The first kappa shape index (κ1) is 20.7. The number of nitrogens with zero attached hydrogens (tertiary/aromatic N) is 3. The molecule has 0 amide bonds. The molecule has 3 aromatic rings. The van der Waals surface area contributed by atoms with Crippen molar-refractivity contribution in [2.75, 3.05) is 31.2 Å². The molecule has 1 fully saturated rings. The number of nitrogens with two attached hydrogens (primary N) is 1. The molecule has 3 heterocycles. The van der Waals surface area contributed by atoms with Crippen LogP contribution in [-0.2, 0) is 17.6 Å². The number of hydrogen-bond donors (Lipinski definition) is 3. The Morgan fingerprint density at radius 3 is 2.53 bits per heavy atom. The summed E-state index contributed by atoms with van der Waals surface area (Å²) in [6.45, 7) is 2.68. The molecule has 0 bridgehead atoms. The summed E-state index contributed by atoms with van der Waals surface area (Å²) in [6.07, 6.45) is -0.898. The van der Waals surface area contributed by atoms with Crippen LogP contribution in [0.5, 0.6) is 0 Å². The van der Waals surface area contributed by atoms with Crippen LogP contribution in [0.3, 0.4) is 0 Å². The Hall–Kier alpha value is -3.14. The summed E-state index contributed by atoms with van der Waals surface area (Å²) >= 11 is 0. The molecule has 0 saturated carbocycles. The molecule has 4 N–H and O–H groups in total. The predicted molar refractivity (Wildman–Crippen MR) is 117 cm³/mol. The second-order valence-electron chi connectivity index (χ2n) is 8.11. The third-order valence-electron chi connectivity index (χ3n) is 6.22. The standard InChI is InChI=1S/C22H23F3N6O/c23-22(24,25)20(27)14(11-26)18-13-4-2-1-3-12(13)17-15(28-18)5-6-16-19(17)30-21(29-16)31-7-9-32-10-8-31/h5-6,11,26,28H,1-4,7-10,27H2. The summed E-state index contributed by atoms with van der Waals surface area (Å²) in [6, 6.07) is 3.64. The fraction of sp³-hybridized carbons (Fsp3) is 0.409. The maximum Gasteiger partial charge on any atom is 0.431 e. The van der Waals surface area contributed by atoms with E-state index in [1.165, 1.54) is 0 Å². The highest BCUT2D eigenvalue weighted by atomic mass is 19.4. The van der Waals surface area contributed by atoms with Gasteiger partial charge in [-0.05, 0) is 48.9 Å². The van der Waals surface area contributed by atoms with Crippen molar-refractivity contribution in [3.8, 4) is 0 Å². The van der Waals surface area contributed by atoms with Crippen molar-refractivity contribution in [2.45, 2.75) is 31.9 Å². The van der Waals surface area contributed by atoms with Gasteiger partial charge in [-0.1, -0.05) is 0 Å². The molecular formula is C22H23F3N6O. The van der Waals surface area contributed by atoms with Gasteiger partial charge in [-0.25, -0.2) is 9.97 Å². The Labute approximate surface area is 182 Å². The molecule has 0 spiro atoms. The van der Waals surface area contributed by atoms with E-state index in [1.807, 2.05) is 12.1 Å². The minimum absolute atomic E-state index is 0.268. The number of allylic oxidation sites excluding steroid dienone is 2. The molecule has 5 rings (SSSR count). The fourth-order valence-electron chi connectivity index (χ4n) is 4.67. The lowest BCUT2D eigenvalue weighted by molar-refractivity contribution is -0.0919. The van der Waals surface area contributed by atoms with Crippen LogP contribution in [-0.4, -0.2) is 53.6 Å². The average Bonchev–Trinajstić information content (AvgIpc) is 3.24. The van der Waals surface area contributed by atoms with Crippen molar-refractivity contribution in [3.63, 3.8) is 0 Å².